The first kappa shape index (κ1) is 22.9. The fourth-order valence-corrected chi connectivity index (χ4v) is 5.07. The van der Waals surface area contributed by atoms with Gasteiger partial charge in [0, 0.05) is 24.6 Å². The van der Waals surface area contributed by atoms with Crippen molar-refractivity contribution in [2.45, 2.75) is 31.2 Å². The van der Waals surface area contributed by atoms with E-state index in [0.717, 1.165) is 10.4 Å². The maximum atomic E-state index is 12.8. The lowest BCUT2D eigenvalue weighted by Crippen LogP contribution is -2.36. The third-order valence-electron chi connectivity index (χ3n) is 4.76. The fourth-order valence-electron chi connectivity index (χ4n) is 3.28. The molecule has 1 aliphatic heterocycles. The van der Waals surface area contributed by atoms with Crippen LogP contribution >= 0.6 is 0 Å². The molecular formula is C21H22N4O6S. The number of amides is 4. The van der Waals surface area contributed by atoms with Crippen molar-refractivity contribution in [3.05, 3.63) is 59.2 Å². The number of carbonyl (C=O) groups is 4. The van der Waals surface area contributed by atoms with E-state index in [2.05, 4.69) is 10.6 Å². The smallest absolute Gasteiger partial charge is 0.269 e. The third-order valence-corrected chi connectivity index (χ3v) is 6.76. The molecule has 3 rings (SSSR count). The summed E-state index contributed by atoms with van der Waals surface area (Å²) in [7, 11) is -4.06. The van der Waals surface area contributed by atoms with Crippen molar-refractivity contribution < 1.29 is 27.6 Å². The lowest BCUT2D eigenvalue weighted by molar-refractivity contribution is -0.117. The summed E-state index contributed by atoms with van der Waals surface area (Å²) in [5.41, 5.74) is 5.41. The summed E-state index contributed by atoms with van der Waals surface area (Å²) in [5, 5.41) is 5.12. The first-order chi connectivity index (χ1) is 15.0. The van der Waals surface area contributed by atoms with Crippen LogP contribution in [0.3, 0.4) is 0 Å². The predicted octanol–water partition coefficient (Wildman–Crippen LogP) is 1.10. The highest BCUT2D eigenvalue weighted by molar-refractivity contribution is 7.90. The largest absolute Gasteiger partial charge is 0.370 e. The summed E-state index contributed by atoms with van der Waals surface area (Å²) in [6, 6.07) is 9.44. The van der Waals surface area contributed by atoms with Crippen molar-refractivity contribution in [3.8, 4) is 0 Å². The molecule has 2 aromatic rings. The molecule has 11 heteroatoms. The SMILES string of the molecule is CC(C)N1C(=O)c2ccc(C(=O)Nc3ccccc3C(=O)NCCC(N)=O)cc2S1(=O)=O. The number of fused-ring (bicyclic) bond motifs is 1. The Labute approximate surface area is 184 Å². The average molecular weight is 458 g/mol. The molecule has 0 saturated heterocycles. The van der Waals surface area contributed by atoms with Gasteiger partial charge in [0.2, 0.25) is 5.91 Å². The summed E-state index contributed by atoms with van der Waals surface area (Å²) in [5.74, 6) is -2.37. The fraction of sp³-hybridized carbons (Fsp3) is 0.238. The van der Waals surface area contributed by atoms with Gasteiger partial charge in [-0.15, -0.1) is 0 Å². The molecule has 0 atom stereocenters. The molecule has 4 N–H and O–H groups in total. The van der Waals surface area contributed by atoms with Crippen LogP contribution in [-0.4, -0.2) is 48.9 Å². The van der Waals surface area contributed by atoms with Crippen molar-refractivity contribution >= 4 is 39.3 Å². The molecule has 2 aromatic carbocycles. The van der Waals surface area contributed by atoms with E-state index in [1.807, 2.05) is 0 Å². The van der Waals surface area contributed by atoms with Gasteiger partial charge >= 0.3 is 0 Å². The molecule has 0 unspecified atom stereocenters. The van der Waals surface area contributed by atoms with Crippen LogP contribution in [0.15, 0.2) is 47.4 Å². The Hall–Kier alpha value is -3.73. The van der Waals surface area contributed by atoms with E-state index in [1.165, 1.54) is 24.3 Å². The minimum atomic E-state index is -4.06. The van der Waals surface area contributed by atoms with Crippen molar-refractivity contribution in [3.63, 3.8) is 0 Å². The number of para-hydroxylation sites is 1. The topological polar surface area (TPSA) is 156 Å². The van der Waals surface area contributed by atoms with Crippen LogP contribution in [0, 0.1) is 0 Å². The molecular weight excluding hydrogens is 436 g/mol. The molecule has 1 aliphatic rings. The summed E-state index contributed by atoms with van der Waals surface area (Å²) in [4.78, 5) is 48.3. The predicted molar refractivity (Wildman–Crippen MR) is 115 cm³/mol. The van der Waals surface area contributed by atoms with Crippen LogP contribution in [0.2, 0.25) is 0 Å². The number of sulfonamides is 1. The number of nitrogens with two attached hydrogens (primary N) is 1. The second-order valence-corrected chi connectivity index (χ2v) is 9.17. The Kier molecular flexibility index (Phi) is 6.30. The highest BCUT2D eigenvalue weighted by Crippen LogP contribution is 2.32. The molecule has 0 bridgehead atoms. The Balaban J connectivity index is 1.85. The second kappa shape index (κ2) is 8.79. The van der Waals surface area contributed by atoms with Gasteiger partial charge in [0.05, 0.1) is 16.8 Å². The van der Waals surface area contributed by atoms with Crippen molar-refractivity contribution in [1.29, 1.82) is 0 Å². The second-order valence-electron chi connectivity index (χ2n) is 7.38. The van der Waals surface area contributed by atoms with Crippen LogP contribution in [-0.2, 0) is 14.8 Å². The molecule has 0 saturated carbocycles. The lowest BCUT2D eigenvalue weighted by Gasteiger charge is -2.18. The monoisotopic (exact) mass is 458 g/mol. The highest BCUT2D eigenvalue weighted by Gasteiger charge is 2.42. The third kappa shape index (κ3) is 4.33. The van der Waals surface area contributed by atoms with Crippen molar-refractivity contribution in [2.75, 3.05) is 11.9 Å². The van der Waals surface area contributed by atoms with Crippen molar-refractivity contribution in [1.82, 2.24) is 9.62 Å². The standard InChI is InChI=1S/C21H22N4O6S/c1-12(2)25-21(29)15-8-7-13(11-17(15)32(25,30)31)19(27)24-16-6-4-3-5-14(16)20(28)23-10-9-18(22)26/h3-8,11-12H,9-10H2,1-2H3,(H2,22,26)(H,23,28)(H,24,27). The summed E-state index contributed by atoms with van der Waals surface area (Å²) in [6.07, 6.45) is -0.0318. The van der Waals surface area contributed by atoms with Crippen LogP contribution < -0.4 is 16.4 Å². The first-order valence-corrected chi connectivity index (χ1v) is 11.2. The summed E-state index contributed by atoms with van der Waals surface area (Å²) >= 11 is 0. The van der Waals surface area contributed by atoms with Gasteiger partial charge in [0.1, 0.15) is 4.90 Å². The molecule has 10 nitrogen and oxygen atoms in total. The average Bonchev–Trinajstić information content (AvgIpc) is 2.93. The van der Waals surface area contributed by atoms with Crippen LogP contribution in [0.4, 0.5) is 5.69 Å². The number of primary amides is 1. The number of nitrogens with zero attached hydrogens (tertiary/aromatic N) is 1. The zero-order chi connectivity index (χ0) is 23.6. The number of benzene rings is 2. The molecule has 32 heavy (non-hydrogen) atoms. The molecule has 4 amide bonds. The minimum absolute atomic E-state index is 0.00415. The number of hydrogen-bond acceptors (Lipinski definition) is 6. The van der Waals surface area contributed by atoms with E-state index in [1.54, 1.807) is 26.0 Å². The first-order valence-electron chi connectivity index (χ1n) is 9.73. The number of anilines is 1. The molecule has 0 spiro atoms. The van der Waals surface area contributed by atoms with Gasteiger partial charge in [-0.25, -0.2) is 12.7 Å². The zero-order valence-corrected chi connectivity index (χ0v) is 18.2. The van der Waals surface area contributed by atoms with Crippen LogP contribution in [0.25, 0.3) is 0 Å². The highest BCUT2D eigenvalue weighted by atomic mass is 32.2. The maximum absolute atomic E-state index is 12.8. The molecule has 0 radical (unpaired) electrons. The summed E-state index contributed by atoms with van der Waals surface area (Å²) < 4.78 is 26.3. The van der Waals surface area contributed by atoms with Crippen molar-refractivity contribution in [2.24, 2.45) is 5.73 Å². The number of hydrogen-bond donors (Lipinski definition) is 3. The van der Waals surface area contributed by atoms with Gasteiger partial charge in [-0.05, 0) is 44.2 Å². The summed E-state index contributed by atoms with van der Waals surface area (Å²) in [6.45, 7) is 3.21. The Morgan fingerprint density at radius 1 is 1.06 bits per heavy atom. The Morgan fingerprint density at radius 2 is 1.75 bits per heavy atom. The maximum Gasteiger partial charge on any atom is 0.269 e. The van der Waals surface area contributed by atoms with Gasteiger partial charge in [-0.2, -0.15) is 0 Å². The van der Waals surface area contributed by atoms with Crippen LogP contribution in [0.5, 0.6) is 0 Å². The van der Waals surface area contributed by atoms with E-state index in [9.17, 15) is 27.6 Å². The van der Waals surface area contributed by atoms with Gasteiger partial charge < -0.3 is 16.4 Å². The Bertz CT molecular complexity index is 1220. The molecule has 0 aromatic heterocycles. The quantitative estimate of drug-likeness (QED) is 0.564. The van der Waals surface area contributed by atoms with Gasteiger partial charge in [0.25, 0.3) is 27.7 Å². The lowest BCUT2D eigenvalue weighted by atomic mass is 10.1. The minimum Gasteiger partial charge on any atom is -0.370 e. The van der Waals surface area contributed by atoms with E-state index in [0.29, 0.717) is 0 Å². The molecule has 0 aliphatic carbocycles. The molecule has 1 heterocycles. The molecule has 168 valence electrons. The van der Waals surface area contributed by atoms with E-state index < -0.39 is 39.7 Å². The van der Waals surface area contributed by atoms with E-state index >= 15 is 0 Å². The Morgan fingerprint density at radius 3 is 2.41 bits per heavy atom. The van der Waals surface area contributed by atoms with Gasteiger partial charge in [-0.3, -0.25) is 19.2 Å². The van der Waals surface area contributed by atoms with Gasteiger partial charge in [0.15, 0.2) is 0 Å². The number of nitrogens with one attached hydrogen (secondary N) is 2. The zero-order valence-electron chi connectivity index (χ0n) is 17.4. The molecule has 0 fully saturated rings. The van der Waals surface area contributed by atoms with Gasteiger partial charge in [-0.1, -0.05) is 12.1 Å². The van der Waals surface area contributed by atoms with E-state index in [-0.39, 0.29) is 40.2 Å². The number of rotatable bonds is 7. The van der Waals surface area contributed by atoms with E-state index in [4.69, 9.17) is 5.73 Å². The van der Waals surface area contributed by atoms with Crippen LogP contribution in [0.1, 0.15) is 51.3 Å². The normalized spacial score (nSPS) is 14.2. The number of carbonyl (C=O) groups excluding carboxylic acids is 4.